The lowest BCUT2D eigenvalue weighted by atomic mass is 9.87. The number of fused-ring (bicyclic) bond motifs is 3. The van der Waals surface area contributed by atoms with Crippen LogP contribution in [0.5, 0.6) is 0 Å². The summed E-state index contributed by atoms with van der Waals surface area (Å²) >= 11 is 1.91. The van der Waals surface area contributed by atoms with Crippen LogP contribution in [0.2, 0.25) is 25.7 Å². The van der Waals surface area contributed by atoms with E-state index in [1.165, 1.54) is 26.0 Å². The second-order valence-corrected chi connectivity index (χ2v) is 18.5. The first-order chi connectivity index (χ1) is 16.8. The fourth-order valence-electron chi connectivity index (χ4n) is 5.08. The number of alkyl halides is 1. The van der Waals surface area contributed by atoms with E-state index in [1.807, 2.05) is 51.1 Å². The molecule has 196 valence electrons. The second kappa shape index (κ2) is 10.4. The smallest absolute Gasteiger partial charge is 0.142 e. The monoisotopic (exact) mass is 629 g/mol. The topological polar surface area (TPSA) is 30.3 Å². The third-order valence-corrected chi connectivity index (χ3v) is 9.04. The van der Waals surface area contributed by atoms with Gasteiger partial charge in [0.15, 0.2) is 0 Å². The maximum absolute atomic E-state index is 15.5. The highest BCUT2D eigenvalue weighted by atomic mass is 127. The summed E-state index contributed by atoms with van der Waals surface area (Å²) in [6.07, 6.45) is 2.35. The van der Waals surface area contributed by atoms with Crippen LogP contribution in [0.4, 0.5) is 13.2 Å². The van der Waals surface area contributed by atoms with Gasteiger partial charge in [-0.2, -0.15) is 0 Å². The maximum Gasteiger partial charge on any atom is 0.142 e. The number of benzene rings is 1. The number of hydrogen-bond donors (Lipinski definition) is 0. The Labute approximate surface area is 226 Å². The van der Waals surface area contributed by atoms with Crippen LogP contribution >= 0.6 is 22.6 Å². The number of ether oxygens (including phenoxy) is 1. The molecule has 9 heteroatoms. The van der Waals surface area contributed by atoms with Crippen molar-refractivity contribution in [2.45, 2.75) is 77.4 Å². The van der Waals surface area contributed by atoms with Crippen molar-refractivity contribution in [2.24, 2.45) is 0 Å². The predicted molar refractivity (Wildman–Crippen MR) is 150 cm³/mol. The van der Waals surface area contributed by atoms with Crippen LogP contribution in [0, 0.1) is 15.2 Å². The first-order valence-corrected chi connectivity index (χ1v) is 17.2. The van der Waals surface area contributed by atoms with Crippen molar-refractivity contribution in [2.75, 3.05) is 13.2 Å². The predicted octanol–water partition coefficient (Wildman–Crippen LogP) is 7.32. The number of pyridine rings is 1. The highest BCUT2D eigenvalue weighted by Crippen LogP contribution is 2.44. The van der Waals surface area contributed by atoms with Crippen LogP contribution in [0.1, 0.15) is 43.6 Å². The van der Waals surface area contributed by atoms with Crippen LogP contribution < -0.4 is 0 Å². The summed E-state index contributed by atoms with van der Waals surface area (Å²) < 4.78 is 54.7. The number of nitrogens with zero attached hydrogens (tertiary/aromatic N) is 3. The summed E-state index contributed by atoms with van der Waals surface area (Å²) in [6, 6.07) is 6.61. The zero-order chi connectivity index (χ0) is 26.4. The molecule has 0 bridgehead atoms. The van der Waals surface area contributed by atoms with Crippen molar-refractivity contribution in [3.8, 4) is 0 Å². The van der Waals surface area contributed by atoms with Crippen molar-refractivity contribution in [3.63, 3.8) is 0 Å². The van der Waals surface area contributed by atoms with Gasteiger partial charge < -0.3 is 9.30 Å². The Kier molecular flexibility index (Phi) is 7.96. The van der Waals surface area contributed by atoms with Crippen LogP contribution in [0.15, 0.2) is 30.5 Å². The molecule has 36 heavy (non-hydrogen) atoms. The van der Waals surface area contributed by atoms with E-state index in [0.29, 0.717) is 16.6 Å². The Morgan fingerprint density at radius 2 is 1.86 bits per heavy atom. The van der Waals surface area contributed by atoms with Crippen molar-refractivity contribution < 1.29 is 17.9 Å². The van der Waals surface area contributed by atoms with Gasteiger partial charge in [0, 0.05) is 53.7 Å². The maximum atomic E-state index is 15.5. The number of aromatic nitrogens is 2. The first kappa shape index (κ1) is 27.6. The van der Waals surface area contributed by atoms with E-state index < -0.39 is 31.4 Å². The molecule has 0 spiro atoms. The lowest BCUT2D eigenvalue weighted by Crippen LogP contribution is -2.48. The standard InChI is InChI=1S/C27H35F3IN3OSi/c1-17-12-20-19-8-7-9-32-26(19)34(16-35-10-11-36(4,5)6)24(20)25(33(17)15-27(2,3)30)23-21(28)13-18(31)14-22(23)29/h7-9,13-14,17,25H,10-12,15-16H2,1-6H3. The molecule has 0 amide bonds. The van der Waals surface area contributed by atoms with E-state index >= 15 is 13.2 Å². The zero-order valence-corrected chi connectivity index (χ0v) is 25.0. The molecule has 0 aliphatic carbocycles. The third-order valence-electron chi connectivity index (χ3n) is 6.72. The summed E-state index contributed by atoms with van der Waals surface area (Å²) in [4.78, 5) is 6.53. The van der Waals surface area contributed by atoms with Gasteiger partial charge in [0.1, 0.15) is 29.7 Å². The van der Waals surface area contributed by atoms with Crippen LogP contribution in [-0.2, 0) is 17.9 Å². The van der Waals surface area contributed by atoms with Gasteiger partial charge in [0.2, 0.25) is 0 Å². The molecule has 2 aromatic heterocycles. The Bertz CT molecular complexity index is 1230. The summed E-state index contributed by atoms with van der Waals surface area (Å²) in [5.74, 6) is -1.26. The largest absolute Gasteiger partial charge is 0.361 e. The molecule has 1 aliphatic heterocycles. The minimum absolute atomic E-state index is 0.0363. The van der Waals surface area contributed by atoms with Gasteiger partial charge in [-0.05, 0) is 85.7 Å². The molecule has 4 nitrogen and oxygen atoms in total. The van der Waals surface area contributed by atoms with Crippen molar-refractivity contribution in [3.05, 3.63) is 62.5 Å². The van der Waals surface area contributed by atoms with Crippen LogP contribution in [-0.4, -0.2) is 47.4 Å². The first-order valence-electron chi connectivity index (χ1n) is 12.4. The number of hydrogen-bond acceptors (Lipinski definition) is 3. The van der Waals surface area contributed by atoms with Gasteiger partial charge in [0.25, 0.3) is 0 Å². The molecule has 3 aromatic rings. The number of halogens is 4. The summed E-state index contributed by atoms with van der Waals surface area (Å²) in [6.45, 7) is 12.7. The quantitative estimate of drug-likeness (QED) is 0.149. The average Bonchev–Trinajstić information content (AvgIpc) is 3.04. The highest BCUT2D eigenvalue weighted by molar-refractivity contribution is 14.1. The van der Waals surface area contributed by atoms with E-state index in [2.05, 4.69) is 24.6 Å². The normalized spacial score (nSPS) is 19.2. The Hall–Kier alpha value is -1.43. The van der Waals surface area contributed by atoms with E-state index in [-0.39, 0.29) is 24.9 Å². The van der Waals surface area contributed by atoms with E-state index in [4.69, 9.17) is 4.74 Å². The minimum Gasteiger partial charge on any atom is -0.361 e. The lowest BCUT2D eigenvalue weighted by molar-refractivity contribution is 0.0524. The molecule has 2 unspecified atom stereocenters. The molecule has 0 radical (unpaired) electrons. The van der Waals surface area contributed by atoms with Crippen molar-refractivity contribution >= 4 is 41.7 Å². The van der Waals surface area contributed by atoms with Crippen LogP contribution in [0.25, 0.3) is 11.0 Å². The molecule has 0 saturated heterocycles. The molecular formula is C27H35F3IN3OSi. The van der Waals surface area contributed by atoms with Crippen molar-refractivity contribution in [1.29, 1.82) is 0 Å². The fraction of sp³-hybridized carbons (Fsp3) is 0.519. The van der Waals surface area contributed by atoms with Gasteiger partial charge in [-0.15, -0.1) is 0 Å². The molecule has 1 aromatic carbocycles. The van der Waals surface area contributed by atoms with Gasteiger partial charge in [0.05, 0.1) is 6.04 Å². The molecule has 0 N–H and O–H groups in total. The summed E-state index contributed by atoms with van der Waals surface area (Å²) in [5, 5.41) is 0.948. The highest BCUT2D eigenvalue weighted by Gasteiger charge is 2.42. The molecular weight excluding hydrogens is 594 g/mol. The molecule has 2 atom stereocenters. The Morgan fingerprint density at radius 3 is 2.47 bits per heavy atom. The molecule has 0 fully saturated rings. The van der Waals surface area contributed by atoms with Gasteiger partial charge >= 0.3 is 0 Å². The Balaban J connectivity index is 1.92. The lowest BCUT2D eigenvalue weighted by Gasteiger charge is -2.43. The van der Waals surface area contributed by atoms with E-state index in [1.54, 1.807) is 6.20 Å². The second-order valence-electron chi connectivity index (χ2n) is 11.6. The van der Waals surface area contributed by atoms with Crippen molar-refractivity contribution in [1.82, 2.24) is 14.5 Å². The van der Waals surface area contributed by atoms with Gasteiger partial charge in [-0.1, -0.05) is 19.6 Å². The molecule has 1 aliphatic rings. The zero-order valence-electron chi connectivity index (χ0n) is 21.8. The molecule has 4 rings (SSSR count). The van der Waals surface area contributed by atoms with E-state index in [9.17, 15) is 0 Å². The third kappa shape index (κ3) is 5.84. The number of rotatable bonds is 8. The SMILES string of the molecule is CC1Cc2c(n(COCC[Si](C)(C)C)c3ncccc23)C(c2c(F)cc(I)cc2F)N1CC(C)(C)F. The van der Waals surface area contributed by atoms with E-state index in [0.717, 1.165) is 28.3 Å². The van der Waals surface area contributed by atoms with Gasteiger partial charge in [-0.25, -0.2) is 18.2 Å². The Morgan fingerprint density at radius 1 is 1.19 bits per heavy atom. The van der Waals surface area contributed by atoms with Crippen LogP contribution in [0.3, 0.4) is 0 Å². The van der Waals surface area contributed by atoms with Gasteiger partial charge in [-0.3, -0.25) is 4.90 Å². The fourth-order valence-corrected chi connectivity index (χ4v) is 6.38. The minimum atomic E-state index is -1.55. The summed E-state index contributed by atoms with van der Waals surface area (Å²) in [5.41, 5.74) is 0.843. The molecule has 0 saturated carbocycles. The molecule has 3 heterocycles. The average molecular weight is 630 g/mol. The summed E-state index contributed by atoms with van der Waals surface area (Å²) in [7, 11) is -1.29.